The summed E-state index contributed by atoms with van der Waals surface area (Å²) >= 11 is 0. The molecule has 0 heterocycles. The topological polar surface area (TPSA) is 210 Å². The van der Waals surface area contributed by atoms with Gasteiger partial charge in [-0.1, -0.05) is 159 Å². The van der Waals surface area contributed by atoms with Crippen LogP contribution in [0.4, 0.5) is 0 Å². The van der Waals surface area contributed by atoms with Crippen LogP contribution in [0.15, 0.2) is 36.5 Å². The number of ether oxygens (including phenoxy) is 2. The van der Waals surface area contributed by atoms with Crippen molar-refractivity contribution in [2.24, 2.45) is 0 Å². The van der Waals surface area contributed by atoms with Gasteiger partial charge >= 0.3 is 19.8 Å². The van der Waals surface area contributed by atoms with Crippen molar-refractivity contribution >= 4 is 19.8 Å². The number of aliphatic hydroxyl groups excluding tert-OH is 5. The highest BCUT2D eigenvalue weighted by Crippen LogP contribution is 2.47. The van der Waals surface area contributed by atoms with E-state index in [-0.39, 0.29) is 12.8 Å². The zero-order chi connectivity index (χ0) is 46.4. The third-order valence-electron chi connectivity index (χ3n) is 11.5. The van der Waals surface area contributed by atoms with Crippen molar-refractivity contribution in [3.8, 4) is 0 Å². The number of hydrogen-bond donors (Lipinski definition) is 6. The molecule has 1 aliphatic rings. The Kier molecular flexibility index (Phi) is 36.8. The van der Waals surface area contributed by atoms with Crippen LogP contribution in [-0.4, -0.2) is 98.3 Å². The molecule has 0 aromatic rings. The van der Waals surface area contributed by atoms with Gasteiger partial charge in [0.15, 0.2) is 6.10 Å². The smallest absolute Gasteiger partial charge is 0.462 e. The van der Waals surface area contributed by atoms with Gasteiger partial charge in [-0.3, -0.25) is 18.6 Å². The highest BCUT2D eigenvalue weighted by Gasteiger charge is 2.51. The minimum Gasteiger partial charge on any atom is -0.462 e. The molecule has 0 bridgehead atoms. The molecule has 1 fully saturated rings. The summed E-state index contributed by atoms with van der Waals surface area (Å²) < 4.78 is 33.6. The van der Waals surface area contributed by atoms with Crippen molar-refractivity contribution in [1.29, 1.82) is 0 Å². The van der Waals surface area contributed by atoms with Crippen LogP contribution < -0.4 is 0 Å². The van der Waals surface area contributed by atoms with Crippen molar-refractivity contribution in [2.45, 2.75) is 249 Å². The van der Waals surface area contributed by atoms with E-state index in [9.17, 15) is 44.6 Å². The van der Waals surface area contributed by atoms with Crippen LogP contribution in [-0.2, 0) is 32.7 Å². The molecule has 1 aliphatic carbocycles. The Labute approximate surface area is 380 Å². The summed E-state index contributed by atoms with van der Waals surface area (Å²) in [4.78, 5) is 35.8. The standard InChI is InChI=1S/C49H89O13P/c1-3-5-7-9-11-13-15-17-19-20-21-22-24-26-28-30-32-34-36-38-43(51)61-41(40-60-63(57,58)62-49-47(55)45(53)44(52)46(54)48(49)56)39-59-42(50)37-35-33-31-29-27-25-23-18-16-14-12-10-8-6-4-2/h12,14,18,20-21,23,41,44-49,52-56H,3-11,13,15-17,19,22,24-40H2,1-2H3,(H,57,58)/b14-12-,21-20-,23-18-/t41-,44?,45-,46?,47?,48?,49?/m1/s1. The lowest BCUT2D eigenvalue weighted by Crippen LogP contribution is -2.64. The number of aliphatic hydroxyl groups is 5. The molecular formula is C49H89O13P. The predicted molar refractivity (Wildman–Crippen MR) is 249 cm³/mol. The van der Waals surface area contributed by atoms with E-state index >= 15 is 0 Å². The Morgan fingerprint density at radius 1 is 0.492 bits per heavy atom. The highest BCUT2D eigenvalue weighted by atomic mass is 31.2. The van der Waals surface area contributed by atoms with Gasteiger partial charge in [0.1, 0.15) is 43.2 Å². The van der Waals surface area contributed by atoms with Gasteiger partial charge in [0.05, 0.1) is 6.61 Å². The number of hydrogen-bond acceptors (Lipinski definition) is 12. The summed E-state index contributed by atoms with van der Waals surface area (Å²) in [6.07, 6.45) is 31.9. The number of allylic oxidation sites excluding steroid dienone is 6. The third kappa shape index (κ3) is 31.6. The summed E-state index contributed by atoms with van der Waals surface area (Å²) in [6.45, 7) is 3.27. The van der Waals surface area contributed by atoms with Crippen LogP contribution in [0, 0.1) is 0 Å². The normalized spacial score (nSPS) is 22.0. The number of unbranched alkanes of at least 4 members (excludes halogenated alkanes) is 23. The first-order chi connectivity index (χ1) is 30.4. The molecule has 14 heteroatoms. The van der Waals surface area contributed by atoms with Gasteiger partial charge in [0.2, 0.25) is 0 Å². The van der Waals surface area contributed by atoms with E-state index in [1.54, 1.807) is 0 Å². The molecule has 0 aromatic carbocycles. The van der Waals surface area contributed by atoms with Gasteiger partial charge in [0, 0.05) is 12.8 Å². The van der Waals surface area contributed by atoms with Gasteiger partial charge in [-0.2, -0.15) is 0 Å². The van der Waals surface area contributed by atoms with E-state index in [2.05, 4.69) is 50.3 Å². The maximum atomic E-state index is 12.8. The minimum absolute atomic E-state index is 0.0892. The van der Waals surface area contributed by atoms with Crippen molar-refractivity contribution in [2.75, 3.05) is 13.2 Å². The average molecular weight is 917 g/mol. The Balaban J connectivity index is 2.43. The zero-order valence-corrected chi connectivity index (χ0v) is 40.0. The number of phosphoric ester groups is 1. The minimum atomic E-state index is -5.12. The first kappa shape index (κ1) is 59.1. The number of esters is 2. The summed E-state index contributed by atoms with van der Waals surface area (Å²) in [5, 5.41) is 50.2. The maximum Gasteiger partial charge on any atom is 0.472 e. The predicted octanol–water partition coefficient (Wildman–Crippen LogP) is 10.2. The Hall–Kier alpha value is -1.93. The van der Waals surface area contributed by atoms with Crippen LogP contribution >= 0.6 is 7.82 Å². The van der Waals surface area contributed by atoms with Gasteiger partial charge in [0.25, 0.3) is 0 Å². The molecule has 6 unspecified atom stereocenters. The van der Waals surface area contributed by atoms with Gasteiger partial charge in [-0.15, -0.1) is 0 Å². The van der Waals surface area contributed by atoms with Gasteiger partial charge < -0.3 is 39.9 Å². The number of rotatable bonds is 41. The van der Waals surface area contributed by atoms with Gasteiger partial charge in [-0.05, 0) is 70.6 Å². The lowest BCUT2D eigenvalue weighted by molar-refractivity contribution is -0.220. The van der Waals surface area contributed by atoms with Crippen LogP contribution in [0.1, 0.15) is 206 Å². The fraction of sp³-hybridized carbons (Fsp3) is 0.837. The molecule has 368 valence electrons. The molecule has 63 heavy (non-hydrogen) atoms. The average Bonchev–Trinajstić information content (AvgIpc) is 3.26. The fourth-order valence-electron chi connectivity index (χ4n) is 7.43. The third-order valence-corrected chi connectivity index (χ3v) is 12.4. The molecule has 0 radical (unpaired) electrons. The molecule has 1 rings (SSSR count). The quantitative estimate of drug-likeness (QED) is 0.0146. The fourth-order valence-corrected chi connectivity index (χ4v) is 8.40. The first-order valence-electron chi connectivity index (χ1n) is 24.8. The summed E-state index contributed by atoms with van der Waals surface area (Å²) in [6, 6.07) is 0. The molecule has 8 atom stereocenters. The lowest BCUT2D eigenvalue weighted by atomic mass is 9.85. The van der Waals surface area contributed by atoms with Crippen LogP contribution in [0.3, 0.4) is 0 Å². The number of carbonyl (C=O) groups is 2. The Morgan fingerprint density at radius 3 is 1.33 bits per heavy atom. The van der Waals surface area contributed by atoms with E-state index in [0.717, 1.165) is 77.0 Å². The molecule has 13 nitrogen and oxygen atoms in total. The van der Waals surface area contributed by atoms with Crippen molar-refractivity contribution in [1.82, 2.24) is 0 Å². The monoisotopic (exact) mass is 917 g/mol. The Bertz CT molecular complexity index is 1240. The molecule has 6 N–H and O–H groups in total. The van der Waals surface area contributed by atoms with Crippen LogP contribution in [0.5, 0.6) is 0 Å². The molecule has 0 saturated heterocycles. The van der Waals surface area contributed by atoms with E-state index in [4.69, 9.17) is 18.5 Å². The largest absolute Gasteiger partial charge is 0.472 e. The second kappa shape index (κ2) is 39.3. The highest BCUT2D eigenvalue weighted by molar-refractivity contribution is 7.47. The van der Waals surface area contributed by atoms with Crippen LogP contribution in [0.25, 0.3) is 0 Å². The summed E-state index contributed by atoms with van der Waals surface area (Å²) in [7, 11) is -5.12. The first-order valence-corrected chi connectivity index (χ1v) is 26.3. The molecule has 0 aromatic heterocycles. The van der Waals surface area contributed by atoms with E-state index in [1.165, 1.54) is 89.9 Å². The van der Waals surface area contributed by atoms with Crippen molar-refractivity contribution < 1.29 is 63.1 Å². The number of phosphoric acid groups is 1. The SMILES string of the molecule is CCCCC/C=C\C/C=C\CCCCCCCC(=O)OC[C@H](COP(=O)(O)OC1C(O)C(O)C(O)[C@@H](O)C1O)OC(=O)CCCCCCCCC/C=C\CCCCCCCCCC. The van der Waals surface area contributed by atoms with E-state index in [1.807, 2.05) is 0 Å². The maximum absolute atomic E-state index is 12.8. The molecule has 1 saturated carbocycles. The van der Waals surface area contributed by atoms with Gasteiger partial charge in [-0.25, -0.2) is 4.57 Å². The molecular weight excluding hydrogens is 827 g/mol. The molecule has 0 spiro atoms. The van der Waals surface area contributed by atoms with E-state index < -0.39 is 75.7 Å². The second-order valence-corrected chi connectivity index (χ2v) is 18.7. The van der Waals surface area contributed by atoms with Crippen molar-refractivity contribution in [3.05, 3.63) is 36.5 Å². The molecule has 0 amide bonds. The zero-order valence-electron chi connectivity index (χ0n) is 39.1. The van der Waals surface area contributed by atoms with Crippen LogP contribution in [0.2, 0.25) is 0 Å². The lowest BCUT2D eigenvalue weighted by Gasteiger charge is -2.41. The second-order valence-electron chi connectivity index (χ2n) is 17.3. The molecule has 0 aliphatic heterocycles. The summed E-state index contributed by atoms with van der Waals surface area (Å²) in [5.74, 6) is -1.12. The summed E-state index contributed by atoms with van der Waals surface area (Å²) in [5.41, 5.74) is 0. The van der Waals surface area contributed by atoms with Crippen molar-refractivity contribution in [3.63, 3.8) is 0 Å². The Morgan fingerprint density at radius 2 is 0.857 bits per heavy atom. The number of carbonyl (C=O) groups excluding carboxylic acids is 2. The van der Waals surface area contributed by atoms with E-state index in [0.29, 0.717) is 12.8 Å².